The van der Waals surface area contributed by atoms with Gasteiger partial charge in [0, 0.05) is 0 Å². The molecule has 0 radical (unpaired) electrons. The van der Waals surface area contributed by atoms with Gasteiger partial charge in [0.05, 0.1) is 0 Å². The second kappa shape index (κ2) is 32.7. The van der Waals surface area contributed by atoms with Gasteiger partial charge in [-0.2, -0.15) is 0 Å². The molecule has 0 aromatic carbocycles. The van der Waals surface area contributed by atoms with Crippen LogP contribution in [0.4, 0.5) is 0 Å². The van der Waals surface area contributed by atoms with Crippen molar-refractivity contribution in [3.05, 3.63) is 0 Å². The summed E-state index contributed by atoms with van der Waals surface area (Å²) in [5.41, 5.74) is 0. The summed E-state index contributed by atoms with van der Waals surface area (Å²) in [6.45, 7) is 0. The minimum absolute atomic E-state index is 0. The largest absolute Gasteiger partial charge is 2.00 e. The maximum Gasteiger partial charge on any atom is 2.00 e. The van der Waals surface area contributed by atoms with E-state index in [1.54, 1.807) is 0 Å². The van der Waals surface area contributed by atoms with Crippen molar-refractivity contribution in [3.8, 4) is 0 Å². The van der Waals surface area contributed by atoms with Gasteiger partial charge in [-0.15, -0.1) is 0 Å². The number of rotatable bonds is 0. The van der Waals surface area contributed by atoms with Gasteiger partial charge >= 0.3 is 23.1 Å². The zero-order valence-electron chi connectivity index (χ0n) is 2.29. The maximum absolute atomic E-state index is 0. The van der Waals surface area contributed by atoms with Crippen LogP contribution in [0.3, 0.4) is 0 Å². The molecule has 0 saturated carbocycles. The molecule has 0 aromatic rings. The van der Waals surface area contributed by atoms with Crippen LogP contribution in [0.5, 0.6) is 0 Å². The van der Waals surface area contributed by atoms with Crippen molar-refractivity contribution in [2.45, 2.75) is 0 Å². The van der Waals surface area contributed by atoms with E-state index in [0.29, 0.717) is 0 Å². The minimum atomic E-state index is 0. The zero-order chi connectivity index (χ0) is 0. The number of hydrogen-bond donors (Lipinski definition) is 0. The first-order valence-electron chi connectivity index (χ1n) is 0. The molecule has 0 rings (SSSR count). The minimum Gasteiger partial charge on any atom is -1.00 e. The van der Waals surface area contributed by atoms with Crippen LogP contribution in [-0.4, -0.2) is 23.1 Å². The van der Waals surface area contributed by atoms with Gasteiger partial charge in [0.25, 0.3) is 0 Å². The third-order valence-corrected chi connectivity index (χ3v) is 0. The summed E-state index contributed by atoms with van der Waals surface area (Å²) >= 11 is 0. The summed E-state index contributed by atoms with van der Waals surface area (Å²) < 4.78 is 0. The van der Waals surface area contributed by atoms with Gasteiger partial charge in [-0.05, 0) is 0 Å². The van der Waals surface area contributed by atoms with Crippen molar-refractivity contribution in [2.24, 2.45) is 0 Å². The predicted octanol–water partition coefficient (Wildman–Crippen LogP) is -12.9. The van der Waals surface area contributed by atoms with E-state index < -0.39 is 0 Å². The maximum atomic E-state index is 0. The molecule has 0 spiro atoms. The molecule has 0 aromatic heterocycles. The number of halogens is 4. The molecule has 0 aliphatic rings. The van der Waals surface area contributed by atoms with Gasteiger partial charge in [0.1, 0.15) is 0 Å². The van der Waals surface area contributed by atoms with Crippen molar-refractivity contribution in [1.29, 1.82) is 0 Å². The molecular formula is H2Cl3IMg. The molecule has 0 aliphatic carbocycles. The fourth-order valence-electron chi connectivity index (χ4n) is 0. The summed E-state index contributed by atoms with van der Waals surface area (Å²) in [5.74, 6) is 0. The molecule has 0 bridgehead atoms. The Kier molecular flexibility index (Phi) is 349. The molecule has 0 saturated heterocycles. The number of hydrogen-bond acceptors (Lipinski definition) is 0. The molecule has 0 atom stereocenters. The predicted molar refractivity (Wildman–Crippen MR) is 8.54 cm³/mol. The third-order valence-electron chi connectivity index (χ3n) is 0. The average Bonchev–Trinajstić information content (AvgIpc) is 0. The van der Waals surface area contributed by atoms with E-state index in [0.717, 1.165) is 0 Å². The third kappa shape index (κ3) is 21.7. The monoisotopic (exact) mass is 258 g/mol. The first-order chi connectivity index (χ1) is 0. The first-order valence-corrected chi connectivity index (χ1v) is 0. The van der Waals surface area contributed by atoms with E-state index in [9.17, 15) is 0 Å². The van der Waals surface area contributed by atoms with Crippen molar-refractivity contribution in [1.82, 2.24) is 0 Å². The van der Waals surface area contributed by atoms with Gasteiger partial charge in [0.2, 0.25) is 24.0 Å². The van der Waals surface area contributed by atoms with Crippen LogP contribution >= 0.6 is 0 Å². The van der Waals surface area contributed by atoms with Gasteiger partial charge in [-0.1, -0.05) is 0 Å². The normalized spacial score (nSPS) is 0. The van der Waals surface area contributed by atoms with Crippen LogP contribution in [0, 0.1) is 0 Å². The fourth-order valence-corrected chi connectivity index (χ4v) is 0. The first kappa shape index (κ1) is 53.3. The molecule has 5 heavy (non-hydrogen) atoms. The zero-order valence-corrected chi connectivity index (χ0v) is 8.52. The Hall–Kier alpha value is 2.37. The molecule has 0 amide bonds. The van der Waals surface area contributed by atoms with Crippen molar-refractivity contribution in [2.75, 3.05) is 0 Å². The SMILES string of the molecule is [Cl-].[Cl-].[Cl-].[IH2+].[Mg+2]. The Morgan fingerprint density at radius 3 is 0.600 bits per heavy atom. The topological polar surface area (TPSA) is 0 Å². The molecule has 0 aliphatic heterocycles. The fraction of sp³-hybridized carbons (Fsp3) is 0. The molecule has 0 nitrogen and oxygen atoms in total. The molecule has 32 valence electrons. The van der Waals surface area contributed by atoms with E-state index in [1.165, 1.54) is 0 Å². The van der Waals surface area contributed by atoms with Gasteiger partial charge in [0.15, 0.2) is 0 Å². The Labute approximate surface area is 83.2 Å². The summed E-state index contributed by atoms with van der Waals surface area (Å²) in [6, 6.07) is 0. The van der Waals surface area contributed by atoms with E-state index in [1.807, 2.05) is 0 Å². The Morgan fingerprint density at radius 1 is 0.600 bits per heavy atom. The van der Waals surface area contributed by atoms with Gasteiger partial charge < -0.3 is 37.2 Å². The van der Waals surface area contributed by atoms with Crippen molar-refractivity contribution >= 4 is 23.1 Å². The van der Waals surface area contributed by atoms with E-state index in [-0.39, 0.29) is 84.3 Å². The van der Waals surface area contributed by atoms with Crippen LogP contribution in [0.1, 0.15) is 0 Å². The van der Waals surface area contributed by atoms with E-state index >= 15 is 0 Å². The van der Waals surface area contributed by atoms with Gasteiger partial charge in [-0.25, -0.2) is 0 Å². The molecule has 0 heterocycles. The van der Waals surface area contributed by atoms with E-state index in [4.69, 9.17) is 0 Å². The molecular weight excluding hydrogens is 258 g/mol. The molecule has 0 fully saturated rings. The Morgan fingerprint density at radius 2 is 0.600 bits per heavy atom. The second-order valence-corrected chi connectivity index (χ2v) is 0. The quantitative estimate of drug-likeness (QED) is 0.299. The second-order valence-electron chi connectivity index (χ2n) is 0. The van der Waals surface area contributed by atoms with Crippen LogP contribution in [0.25, 0.3) is 0 Å². The standard InChI is InChI=1S/3ClH.H2I.Mg/h3*1H;1H2;/q;;;+1;+2/p-3. The van der Waals surface area contributed by atoms with Gasteiger partial charge in [-0.3, -0.25) is 0 Å². The van der Waals surface area contributed by atoms with Crippen LogP contribution in [0.15, 0.2) is 0 Å². The smallest absolute Gasteiger partial charge is 1.00 e. The summed E-state index contributed by atoms with van der Waals surface area (Å²) in [6.07, 6.45) is 0. The van der Waals surface area contributed by atoms with Crippen molar-refractivity contribution in [3.63, 3.8) is 0 Å². The Balaban J connectivity index is 0. The van der Waals surface area contributed by atoms with E-state index in [2.05, 4.69) is 0 Å². The summed E-state index contributed by atoms with van der Waals surface area (Å²) in [4.78, 5) is 0. The molecule has 0 unspecified atom stereocenters. The summed E-state index contributed by atoms with van der Waals surface area (Å²) in [5, 5.41) is 0. The van der Waals surface area contributed by atoms with Crippen LogP contribution < -0.4 is 61.2 Å². The average molecular weight is 260 g/mol. The van der Waals surface area contributed by atoms with Crippen LogP contribution in [0.2, 0.25) is 0 Å². The Bertz CT molecular complexity index is 6.85. The van der Waals surface area contributed by atoms with Crippen LogP contribution in [-0.2, 0) is 0 Å². The summed E-state index contributed by atoms with van der Waals surface area (Å²) in [7, 11) is 0. The molecule has 5 heteroatoms. The van der Waals surface area contributed by atoms with Crippen molar-refractivity contribution < 1.29 is 61.2 Å². The molecule has 0 N–H and O–H groups in total.